The topological polar surface area (TPSA) is 35.2 Å². The Morgan fingerprint density at radius 2 is 1.80 bits per heavy atom. The number of ether oxygens (including phenoxy) is 1. The van der Waals surface area contributed by atoms with E-state index in [2.05, 4.69) is 13.8 Å². The monoisotopic (exact) mass is 145 g/mol. The molecule has 2 N–H and O–H groups in total. The number of rotatable bonds is 4. The molecule has 0 fully saturated rings. The van der Waals surface area contributed by atoms with E-state index in [1.165, 1.54) is 0 Å². The second-order valence-electron chi connectivity index (χ2n) is 3.23. The fraction of sp³-hybridized carbons (Fsp3) is 1.00. The van der Waals surface area contributed by atoms with Crippen LogP contribution < -0.4 is 5.73 Å². The average Bonchev–Trinajstić information content (AvgIpc) is 1.85. The largest absolute Gasteiger partial charge is 0.380 e. The van der Waals surface area contributed by atoms with E-state index in [1.807, 2.05) is 6.92 Å². The number of nitrogens with two attached hydrogens (primary N) is 1. The lowest BCUT2D eigenvalue weighted by Crippen LogP contribution is -2.34. The SMILES string of the molecule is CO[C@H](C)[C@H](N)CC(C)C. The molecule has 0 aromatic carbocycles. The van der Waals surface area contributed by atoms with Crippen molar-refractivity contribution in [1.82, 2.24) is 0 Å². The van der Waals surface area contributed by atoms with Crippen LogP contribution in [-0.2, 0) is 4.74 Å². The van der Waals surface area contributed by atoms with Crippen LogP contribution in [0.2, 0.25) is 0 Å². The summed E-state index contributed by atoms with van der Waals surface area (Å²) >= 11 is 0. The molecule has 0 aliphatic carbocycles. The molecule has 0 unspecified atom stereocenters. The summed E-state index contributed by atoms with van der Waals surface area (Å²) in [6, 6.07) is 0.185. The van der Waals surface area contributed by atoms with Gasteiger partial charge in [-0.3, -0.25) is 0 Å². The Kier molecular flexibility index (Phi) is 4.65. The molecule has 0 amide bonds. The minimum atomic E-state index is 0.183. The highest BCUT2D eigenvalue weighted by atomic mass is 16.5. The molecule has 0 rings (SSSR count). The molecule has 0 radical (unpaired) electrons. The lowest BCUT2D eigenvalue weighted by atomic mass is 10.0. The molecule has 0 saturated heterocycles. The fourth-order valence-corrected chi connectivity index (χ4v) is 0.911. The van der Waals surface area contributed by atoms with Crippen molar-refractivity contribution in [2.45, 2.75) is 39.3 Å². The molecule has 2 nitrogen and oxygen atoms in total. The van der Waals surface area contributed by atoms with Gasteiger partial charge in [0.05, 0.1) is 6.10 Å². The van der Waals surface area contributed by atoms with Crippen LogP contribution in [0.3, 0.4) is 0 Å². The summed E-state index contributed by atoms with van der Waals surface area (Å²) in [4.78, 5) is 0. The van der Waals surface area contributed by atoms with Gasteiger partial charge < -0.3 is 10.5 Å². The van der Waals surface area contributed by atoms with E-state index in [0.717, 1.165) is 6.42 Å². The Balaban J connectivity index is 3.50. The summed E-state index contributed by atoms with van der Waals surface area (Å²) in [5, 5.41) is 0. The van der Waals surface area contributed by atoms with Crippen molar-refractivity contribution in [1.29, 1.82) is 0 Å². The molecular formula is C8H19NO. The summed E-state index contributed by atoms with van der Waals surface area (Å²) in [7, 11) is 1.70. The molecule has 62 valence electrons. The molecular weight excluding hydrogens is 126 g/mol. The molecule has 0 heterocycles. The van der Waals surface area contributed by atoms with Crippen LogP contribution in [0.4, 0.5) is 0 Å². The van der Waals surface area contributed by atoms with Gasteiger partial charge in [-0.05, 0) is 19.3 Å². The third-order valence-corrected chi connectivity index (χ3v) is 1.72. The first-order valence-corrected chi connectivity index (χ1v) is 3.86. The molecule has 0 aromatic rings. The van der Waals surface area contributed by atoms with Crippen LogP contribution in [-0.4, -0.2) is 19.3 Å². The van der Waals surface area contributed by atoms with Gasteiger partial charge in [-0.25, -0.2) is 0 Å². The summed E-state index contributed by atoms with van der Waals surface area (Å²) in [6.07, 6.45) is 1.22. The molecule has 0 bridgehead atoms. The van der Waals surface area contributed by atoms with Crippen molar-refractivity contribution in [2.75, 3.05) is 7.11 Å². The van der Waals surface area contributed by atoms with Crippen LogP contribution in [0.15, 0.2) is 0 Å². The second kappa shape index (κ2) is 4.69. The number of hydrogen-bond donors (Lipinski definition) is 1. The van der Waals surface area contributed by atoms with Crippen LogP contribution in [0.25, 0.3) is 0 Å². The second-order valence-corrected chi connectivity index (χ2v) is 3.23. The molecule has 2 heteroatoms. The highest BCUT2D eigenvalue weighted by Crippen LogP contribution is 2.07. The molecule has 0 spiro atoms. The zero-order chi connectivity index (χ0) is 8.15. The third-order valence-electron chi connectivity index (χ3n) is 1.72. The minimum absolute atomic E-state index is 0.183. The summed E-state index contributed by atoms with van der Waals surface area (Å²) < 4.78 is 5.09. The minimum Gasteiger partial charge on any atom is -0.380 e. The maximum atomic E-state index is 5.80. The Bertz CT molecular complexity index is 83.3. The maximum Gasteiger partial charge on any atom is 0.0694 e. The van der Waals surface area contributed by atoms with E-state index < -0.39 is 0 Å². The van der Waals surface area contributed by atoms with Crippen molar-refractivity contribution in [3.63, 3.8) is 0 Å². The maximum absolute atomic E-state index is 5.80. The van der Waals surface area contributed by atoms with Crippen LogP contribution in [0.1, 0.15) is 27.2 Å². The zero-order valence-corrected chi connectivity index (χ0v) is 7.42. The molecule has 0 saturated carbocycles. The average molecular weight is 145 g/mol. The predicted octanol–water partition coefficient (Wildman–Crippen LogP) is 1.39. The predicted molar refractivity (Wildman–Crippen MR) is 43.9 cm³/mol. The van der Waals surface area contributed by atoms with Crippen molar-refractivity contribution in [3.8, 4) is 0 Å². The van der Waals surface area contributed by atoms with Gasteiger partial charge in [0.2, 0.25) is 0 Å². The Labute approximate surface area is 63.7 Å². The first-order chi connectivity index (χ1) is 4.57. The smallest absolute Gasteiger partial charge is 0.0694 e. The van der Waals surface area contributed by atoms with E-state index in [-0.39, 0.29) is 12.1 Å². The number of hydrogen-bond acceptors (Lipinski definition) is 2. The normalized spacial score (nSPS) is 17.4. The summed E-state index contributed by atoms with van der Waals surface area (Å²) in [6.45, 7) is 6.34. The van der Waals surface area contributed by atoms with Crippen molar-refractivity contribution in [2.24, 2.45) is 11.7 Å². The summed E-state index contributed by atoms with van der Waals surface area (Å²) in [5.74, 6) is 0.660. The highest BCUT2D eigenvalue weighted by Gasteiger charge is 2.12. The molecule has 0 aliphatic rings. The van der Waals surface area contributed by atoms with Gasteiger partial charge in [0, 0.05) is 13.2 Å². The van der Waals surface area contributed by atoms with E-state index in [1.54, 1.807) is 7.11 Å². The van der Waals surface area contributed by atoms with Crippen LogP contribution in [0.5, 0.6) is 0 Å². The lowest BCUT2D eigenvalue weighted by Gasteiger charge is -2.19. The van der Waals surface area contributed by atoms with Crippen molar-refractivity contribution in [3.05, 3.63) is 0 Å². The van der Waals surface area contributed by atoms with Crippen molar-refractivity contribution < 1.29 is 4.74 Å². The Hall–Kier alpha value is -0.0800. The molecule has 0 aliphatic heterocycles. The first kappa shape index (κ1) is 9.92. The standard InChI is InChI=1S/C8H19NO/c1-6(2)5-8(9)7(3)10-4/h6-8H,5,9H2,1-4H3/t7-,8-/m1/s1. The van der Waals surface area contributed by atoms with Gasteiger partial charge in [-0.15, -0.1) is 0 Å². The van der Waals surface area contributed by atoms with Gasteiger partial charge in [-0.2, -0.15) is 0 Å². The zero-order valence-electron chi connectivity index (χ0n) is 7.42. The van der Waals surface area contributed by atoms with E-state index in [4.69, 9.17) is 10.5 Å². The lowest BCUT2D eigenvalue weighted by molar-refractivity contribution is 0.0889. The Morgan fingerprint density at radius 1 is 1.30 bits per heavy atom. The van der Waals surface area contributed by atoms with Gasteiger partial charge in [0.25, 0.3) is 0 Å². The fourth-order valence-electron chi connectivity index (χ4n) is 0.911. The van der Waals surface area contributed by atoms with E-state index in [9.17, 15) is 0 Å². The van der Waals surface area contributed by atoms with E-state index >= 15 is 0 Å². The van der Waals surface area contributed by atoms with E-state index in [0.29, 0.717) is 5.92 Å². The number of methoxy groups -OCH3 is 1. The molecule has 2 atom stereocenters. The van der Waals surface area contributed by atoms with Gasteiger partial charge in [0.1, 0.15) is 0 Å². The van der Waals surface area contributed by atoms with Gasteiger partial charge in [0.15, 0.2) is 0 Å². The quantitative estimate of drug-likeness (QED) is 0.649. The summed E-state index contributed by atoms with van der Waals surface area (Å²) in [5.41, 5.74) is 5.80. The van der Waals surface area contributed by atoms with Crippen LogP contribution >= 0.6 is 0 Å². The Morgan fingerprint density at radius 3 is 2.10 bits per heavy atom. The van der Waals surface area contributed by atoms with Gasteiger partial charge in [-0.1, -0.05) is 13.8 Å². The highest BCUT2D eigenvalue weighted by molar-refractivity contribution is 4.69. The van der Waals surface area contributed by atoms with Crippen molar-refractivity contribution >= 4 is 0 Å². The molecule has 0 aromatic heterocycles. The molecule has 10 heavy (non-hydrogen) atoms. The van der Waals surface area contributed by atoms with Crippen LogP contribution in [0, 0.1) is 5.92 Å². The van der Waals surface area contributed by atoms with Gasteiger partial charge >= 0.3 is 0 Å². The third kappa shape index (κ3) is 3.85. The first-order valence-electron chi connectivity index (χ1n) is 3.86.